The number of carbonyl (C=O) groups excluding carboxylic acids is 1. The zero-order valence-corrected chi connectivity index (χ0v) is 10.9. The molecule has 0 bridgehead atoms. The molecule has 17 heavy (non-hydrogen) atoms. The van der Waals surface area contributed by atoms with E-state index in [4.69, 9.17) is 5.73 Å². The van der Waals surface area contributed by atoms with E-state index < -0.39 is 6.04 Å². The van der Waals surface area contributed by atoms with Gasteiger partial charge in [-0.2, -0.15) is 0 Å². The molecular weight excluding hydrogens is 214 g/mol. The van der Waals surface area contributed by atoms with E-state index >= 15 is 0 Å². The summed E-state index contributed by atoms with van der Waals surface area (Å²) in [5.74, 6) is -0.123. The maximum absolute atomic E-state index is 11.9. The lowest BCUT2D eigenvalue weighted by molar-refractivity contribution is -0.125. The third-order valence-corrected chi connectivity index (χ3v) is 2.78. The van der Waals surface area contributed by atoms with Crippen LogP contribution in [0.1, 0.15) is 39.3 Å². The molecule has 1 amide bonds. The van der Waals surface area contributed by atoms with Gasteiger partial charge in [0.15, 0.2) is 0 Å². The molecule has 0 saturated heterocycles. The Hall–Kier alpha value is -1.42. The minimum atomic E-state index is -0.508. The van der Waals surface area contributed by atoms with Crippen LogP contribution in [0.4, 0.5) is 0 Å². The van der Waals surface area contributed by atoms with E-state index in [9.17, 15) is 4.79 Å². The van der Waals surface area contributed by atoms with Gasteiger partial charge in [0.05, 0.1) is 12.1 Å². The average molecular weight is 235 g/mol. The van der Waals surface area contributed by atoms with Crippen molar-refractivity contribution >= 4 is 5.91 Å². The van der Waals surface area contributed by atoms with Crippen molar-refractivity contribution in [3.63, 3.8) is 0 Å². The van der Waals surface area contributed by atoms with Crippen LogP contribution in [-0.2, 0) is 4.79 Å². The highest BCUT2D eigenvalue weighted by Crippen LogP contribution is 2.18. The highest BCUT2D eigenvalue weighted by molar-refractivity contribution is 5.82. The van der Waals surface area contributed by atoms with Crippen molar-refractivity contribution in [1.82, 2.24) is 10.3 Å². The van der Waals surface area contributed by atoms with Crippen LogP contribution < -0.4 is 11.1 Å². The first-order valence-corrected chi connectivity index (χ1v) is 5.78. The minimum absolute atomic E-state index is 0.0566. The van der Waals surface area contributed by atoms with Crippen molar-refractivity contribution in [3.05, 3.63) is 30.1 Å². The van der Waals surface area contributed by atoms with Crippen LogP contribution in [0.5, 0.6) is 0 Å². The summed E-state index contributed by atoms with van der Waals surface area (Å²) in [4.78, 5) is 15.9. The second-order valence-electron chi connectivity index (χ2n) is 5.35. The zero-order chi connectivity index (χ0) is 13.1. The number of nitrogens with zero attached hydrogens (tertiary/aromatic N) is 1. The maximum atomic E-state index is 11.9. The number of nitrogens with two attached hydrogens (primary N) is 1. The fourth-order valence-corrected chi connectivity index (χ4v) is 1.43. The molecule has 1 rings (SSSR count). The van der Waals surface area contributed by atoms with Gasteiger partial charge in [-0.3, -0.25) is 9.78 Å². The standard InChI is InChI=1S/C13H21N3O/c1-9(10-5-7-15-8-6-10)16-12(17)11(14)13(2,3)4/h5-9,11H,14H2,1-4H3,(H,16,17)/t9-,11+/m0/s1. The van der Waals surface area contributed by atoms with Gasteiger partial charge in [-0.05, 0) is 30.0 Å². The largest absolute Gasteiger partial charge is 0.348 e. The number of hydrogen-bond donors (Lipinski definition) is 2. The highest BCUT2D eigenvalue weighted by Gasteiger charge is 2.28. The molecule has 0 aliphatic rings. The van der Waals surface area contributed by atoms with Crippen LogP contribution in [0.2, 0.25) is 0 Å². The first kappa shape index (κ1) is 13.6. The predicted octanol–water partition coefficient (Wildman–Crippen LogP) is 1.63. The molecule has 0 aliphatic heterocycles. The number of pyridine rings is 1. The van der Waals surface area contributed by atoms with Crippen LogP contribution in [0.3, 0.4) is 0 Å². The number of amides is 1. The molecule has 0 spiro atoms. The third kappa shape index (κ3) is 3.82. The fourth-order valence-electron chi connectivity index (χ4n) is 1.43. The van der Waals surface area contributed by atoms with E-state index in [0.29, 0.717) is 0 Å². The monoisotopic (exact) mass is 235 g/mol. The van der Waals surface area contributed by atoms with E-state index in [2.05, 4.69) is 10.3 Å². The highest BCUT2D eigenvalue weighted by atomic mass is 16.2. The summed E-state index contributed by atoms with van der Waals surface area (Å²) in [5, 5.41) is 2.91. The lowest BCUT2D eigenvalue weighted by Gasteiger charge is -2.27. The van der Waals surface area contributed by atoms with Crippen LogP contribution in [0.15, 0.2) is 24.5 Å². The van der Waals surface area contributed by atoms with E-state index in [-0.39, 0.29) is 17.4 Å². The second kappa shape index (κ2) is 5.27. The van der Waals surface area contributed by atoms with Gasteiger partial charge in [0, 0.05) is 12.4 Å². The topological polar surface area (TPSA) is 68.0 Å². The fraction of sp³-hybridized carbons (Fsp3) is 0.538. The molecular formula is C13H21N3O. The Morgan fingerprint density at radius 1 is 1.35 bits per heavy atom. The normalized spacial score (nSPS) is 15.1. The van der Waals surface area contributed by atoms with Gasteiger partial charge in [0.1, 0.15) is 0 Å². The number of hydrogen-bond acceptors (Lipinski definition) is 3. The van der Waals surface area contributed by atoms with E-state index in [1.54, 1.807) is 12.4 Å². The Balaban J connectivity index is 2.64. The zero-order valence-electron chi connectivity index (χ0n) is 10.9. The average Bonchev–Trinajstić information content (AvgIpc) is 2.27. The molecule has 3 N–H and O–H groups in total. The molecule has 0 aromatic carbocycles. The summed E-state index contributed by atoms with van der Waals surface area (Å²) in [6.45, 7) is 7.79. The van der Waals surface area contributed by atoms with Crippen molar-refractivity contribution in [2.45, 2.75) is 39.8 Å². The molecule has 1 aromatic rings. The molecule has 1 aromatic heterocycles. The van der Waals surface area contributed by atoms with Gasteiger partial charge in [-0.15, -0.1) is 0 Å². The lowest BCUT2D eigenvalue weighted by atomic mass is 9.87. The van der Waals surface area contributed by atoms with Gasteiger partial charge in [-0.25, -0.2) is 0 Å². The lowest BCUT2D eigenvalue weighted by Crippen LogP contribution is -2.49. The smallest absolute Gasteiger partial charge is 0.237 e. The molecule has 0 aliphatic carbocycles. The van der Waals surface area contributed by atoms with Crippen molar-refractivity contribution in [1.29, 1.82) is 0 Å². The van der Waals surface area contributed by atoms with Gasteiger partial charge in [0.2, 0.25) is 5.91 Å². The number of carbonyl (C=O) groups is 1. The van der Waals surface area contributed by atoms with Crippen molar-refractivity contribution in [2.75, 3.05) is 0 Å². The van der Waals surface area contributed by atoms with Crippen LogP contribution in [0.25, 0.3) is 0 Å². The van der Waals surface area contributed by atoms with Crippen molar-refractivity contribution in [2.24, 2.45) is 11.1 Å². The second-order valence-corrected chi connectivity index (χ2v) is 5.35. The number of nitrogens with one attached hydrogen (secondary N) is 1. The Morgan fingerprint density at radius 3 is 2.35 bits per heavy atom. The molecule has 94 valence electrons. The minimum Gasteiger partial charge on any atom is -0.348 e. The van der Waals surface area contributed by atoms with Gasteiger partial charge >= 0.3 is 0 Å². The summed E-state index contributed by atoms with van der Waals surface area (Å²) in [6, 6.07) is 3.20. The molecule has 1 heterocycles. The first-order valence-electron chi connectivity index (χ1n) is 5.78. The molecule has 2 atom stereocenters. The number of rotatable bonds is 3. The molecule has 4 heteroatoms. The summed E-state index contributed by atoms with van der Waals surface area (Å²) < 4.78 is 0. The van der Waals surface area contributed by atoms with Crippen LogP contribution >= 0.6 is 0 Å². The summed E-state index contributed by atoms with van der Waals surface area (Å²) >= 11 is 0. The van der Waals surface area contributed by atoms with Crippen molar-refractivity contribution in [3.8, 4) is 0 Å². The molecule has 0 fully saturated rings. The third-order valence-electron chi connectivity index (χ3n) is 2.78. The molecule has 4 nitrogen and oxygen atoms in total. The van der Waals surface area contributed by atoms with Gasteiger partial charge < -0.3 is 11.1 Å². The van der Waals surface area contributed by atoms with Gasteiger partial charge in [-0.1, -0.05) is 20.8 Å². The van der Waals surface area contributed by atoms with Crippen LogP contribution in [-0.4, -0.2) is 16.9 Å². The maximum Gasteiger partial charge on any atom is 0.237 e. The van der Waals surface area contributed by atoms with E-state index in [1.807, 2.05) is 39.8 Å². The predicted molar refractivity (Wildman–Crippen MR) is 68.2 cm³/mol. The Kier molecular flexibility index (Phi) is 4.23. The summed E-state index contributed by atoms with van der Waals surface area (Å²) in [5.41, 5.74) is 6.68. The van der Waals surface area contributed by atoms with E-state index in [1.165, 1.54) is 0 Å². The number of aromatic nitrogens is 1. The Bertz CT molecular complexity index is 370. The molecule has 0 saturated carbocycles. The Morgan fingerprint density at radius 2 is 1.88 bits per heavy atom. The van der Waals surface area contributed by atoms with Crippen molar-refractivity contribution < 1.29 is 4.79 Å². The summed E-state index contributed by atoms with van der Waals surface area (Å²) in [6.07, 6.45) is 3.42. The quantitative estimate of drug-likeness (QED) is 0.836. The first-order chi connectivity index (χ1) is 7.82. The molecule has 0 radical (unpaired) electrons. The Labute approximate surface area is 103 Å². The van der Waals surface area contributed by atoms with Gasteiger partial charge in [0.25, 0.3) is 0 Å². The SMILES string of the molecule is C[C@H](NC(=O)[C@@H](N)C(C)(C)C)c1ccncc1. The molecule has 0 unspecified atom stereocenters. The summed E-state index contributed by atoms with van der Waals surface area (Å²) in [7, 11) is 0. The van der Waals surface area contributed by atoms with Crippen LogP contribution in [0, 0.1) is 5.41 Å². The van der Waals surface area contributed by atoms with E-state index in [0.717, 1.165) is 5.56 Å².